The van der Waals surface area contributed by atoms with Gasteiger partial charge in [0.1, 0.15) is 0 Å². The largest absolute Gasteiger partial charge is 0.376 e. The molecule has 33 heavy (non-hydrogen) atoms. The van der Waals surface area contributed by atoms with Gasteiger partial charge in [0.05, 0.1) is 31.9 Å². The van der Waals surface area contributed by atoms with Crippen molar-refractivity contribution in [3.05, 3.63) is 53.9 Å². The number of halogens is 1. The van der Waals surface area contributed by atoms with Crippen molar-refractivity contribution in [2.75, 3.05) is 32.8 Å². The molecule has 2 aromatic rings. The Morgan fingerprint density at radius 3 is 2.76 bits per heavy atom. The number of guanidine groups is 1. The lowest BCUT2D eigenvalue weighted by molar-refractivity contribution is -0.0721. The molecule has 2 saturated heterocycles. The Labute approximate surface area is 214 Å². The van der Waals surface area contributed by atoms with Gasteiger partial charge < -0.3 is 19.7 Å². The monoisotopic (exact) mass is 567 g/mol. The molecule has 2 aliphatic heterocycles. The second kappa shape index (κ2) is 13.9. The van der Waals surface area contributed by atoms with E-state index in [1.165, 1.54) is 24.0 Å². The van der Waals surface area contributed by atoms with Crippen molar-refractivity contribution in [1.29, 1.82) is 0 Å². The Balaban J connectivity index is 0.00000306. The fourth-order valence-electron chi connectivity index (χ4n) is 4.42. The van der Waals surface area contributed by atoms with Crippen LogP contribution < -0.4 is 5.32 Å². The molecule has 1 aromatic carbocycles. The average Bonchev–Trinajstić information content (AvgIpc) is 3.35. The molecule has 2 fully saturated rings. The van der Waals surface area contributed by atoms with E-state index in [4.69, 9.17) is 14.5 Å². The van der Waals surface area contributed by atoms with Gasteiger partial charge in [-0.2, -0.15) is 5.10 Å². The molecular weight excluding hydrogens is 529 g/mol. The summed E-state index contributed by atoms with van der Waals surface area (Å²) in [6, 6.07) is 10.6. The highest BCUT2D eigenvalue weighted by Gasteiger charge is 2.23. The van der Waals surface area contributed by atoms with Crippen LogP contribution in [0.15, 0.2) is 47.7 Å². The van der Waals surface area contributed by atoms with Crippen LogP contribution in [0.3, 0.4) is 0 Å². The van der Waals surface area contributed by atoms with Gasteiger partial charge in [0.15, 0.2) is 5.96 Å². The zero-order valence-electron chi connectivity index (χ0n) is 19.7. The Morgan fingerprint density at radius 2 is 2.03 bits per heavy atom. The minimum atomic E-state index is 0. The maximum atomic E-state index is 6.18. The molecule has 7 nitrogen and oxygen atoms in total. The molecule has 8 heteroatoms. The number of piperidine rings is 1. The molecule has 4 rings (SSSR count). The molecule has 1 aromatic heterocycles. The standard InChI is InChI=1S/C25H37N5O2.HI/c1-2-26-25(27-18-21-7-5-8-22(17-21)19-30-13-6-12-28-30)29-14-10-23(11-15-29)32-20-24-9-3-4-16-31-24;/h5-8,12-13,17,23-24H,2-4,9-11,14-16,18-20H2,1H3,(H,26,27);1H. The van der Waals surface area contributed by atoms with Crippen LogP contribution in [-0.2, 0) is 22.6 Å². The lowest BCUT2D eigenvalue weighted by Gasteiger charge is -2.35. The van der Waals surface area contributed by atoms with Crippen LogP contribution in [0.2, 0.25) is 0 Å². The molecule has 1 atom stereocenters. The maximum absolute atomic E-state index is 6.18. The van der Waals surface area contributed by atoms with Crippen molar-refractivity contribution >= 4 is 29.9 Å². The van der Waals surface area contributed by atoms with Crippen LogP contribution in [0.1, 0.15) is 50.2 Å². The number of nitrogens with zero attached hydrogens (tertiary/aromatic N) is 4. The average molecular weight is 568 g/mol. The SMILES string of the molecule is CCNC(=NCc1cccc(Cn2cccn2)c1)N1CCC(OCC2CCCCO2)CC1.I. The van der Waals surface area contributed by atoms with Gasteiger partial charge in [0, 0.05) is 38.6 Å². The Bertz CT molecular complexity index is 831. The number of aliphatic imine (C=N–C) groups is 1. The summed E-state index contributed by atoms with van der Waals surface area (Å²) in [6.07, 6.45) is 10.1. The van der Waals surface area contributed by atoms with E-state index in [1.807, 2.05) is 23.1 Å². The van der Waals surface area contributed by atoms with Crippen molar-refractivity contribution in [3.63, 3.8) is 0 Å². The summed E-state index contributed by atoms with van der Waals surface area (Å²) < 4.78 is 13.9. The van der Waals surface area contributed by atoms with E-state index in [0.717, 1.165) is 64.6 Å². The van der Waals surface area contributed by atoms with Gasteiger partial charge in [-0.25, -0.2) is 4.99 Å². The van der Waals surface area contributed by atoms with Crippen molar-refractivity contribution < 1.29 is 9.47 Å². The van der Waals surface area contributed by atoms with E-state index < -0.39 is 0 Å². The normalized spacial score (nSPS) is 19.8. The van der Waals surface area contributed by atoms with Crippen LogP contribution in [0.4, 0.5) is 0 Å². The van der Waals surface area contributed by atoms with Gasteiger partial charge in [-0.3, -0.25) is 4.68 Å². The fourth-order valence-corrected chi connectivity index (χ4v) is 4.42. The van der Waals surface area contributed by atoms with E-state index in [0.29, 0.717) is 18.8 Å². The predicted octanol–water partition coefficient (Wildman–Crippen LogP) is 4.07. The molecule has 1 unspecified atom stereocenters. The van der Waals surface area contributed by atoms with E-state index in [1.54, 1.807) is 0 Å². The van der Waals surface area contributed by atoms with E-state index in [-0.39, 0.29) is 24.0 Å². The molecule has 182 valence electrons. The molecule has 0 aliphatic carbocycles. The maximum Gasteiger partial charge on any atom is 0.194 e. The Morgan fingerprint density at radius 1 is 1.18 bits per heavy atom. The number of nitrogens with one attached hydrogen (secondary N) is 1. The molecule has 0 amide bonds. The fraction of sp³-hybridized carbons (Fsp3) is 0.600. The van der Waals surface area contributed by atoms with Gasteiger partial charge in [0.25, 0.3) is 0 Å². The van der Waals surface area contributed by atoms with Gasteiger partial charge >= 0.3 is 0 Å². The van der Waals surface area contributed by atoms with Crippen LogP contribution >= 0.6 is 24.0 Å². The first-order chi connectivity index (χ1) is 15.8. The van der Waals surface area contributed by atoms with E-state index in [2.05, 4.69) is 46.5 Å². The van der Waals surface area contributed by atoms with Crippen molar-refractivity contribution in [3.8, 4) is 0 Å². The third kappa shape index (κ3) is 8.26. The minimum absolute atomic E-state index is 0. The van der Waals surface area contributed by atoms with Crippen LogP contribution in [0, 0.1) is 0 Å². The number of hydrogen-bond donors (Lipinski definition) is 1. The van der Waals surface area contributed by atoms with Crippen molar-refractivity contribution in [2.45, 2.75) is 64.3 Å². The molecule has 2 aliphatic rings. The van der Waals surface area contributed by atoms with E-state index in [9.17, 15) is 0 Å². The number of benzene rings is 1. The molecule has 1 N–H and O–H groups in total. The Kier molecular flexibility index (Phi) is 10.9. The van der Waals surface area contributed by atoms with Crippen LogP contribution in [0.5, 0.6) is 0 Å². The first-order valence-corrected chi connectivity index (χ1v) is 12.1. The molecule has 0 spiro atoms. The number of aromatic nitrogens is 2. The second-order valence-corrected chi connectivity index (χ2v) is 8.70. The molecule has 0 radical (unpaired) electrons. The first-order valence-electron chi connectivity index (χ1n) is 12.1. The summed E-state index contributed by atoms with van der Waals surface area (Å²) in [4.78, 5) is 7.31. The number of rotatable bonds is 8. The third-order valence-corrected chi connectivity index (χ3v) is 6.17. The van der Waals surface area contributed by atoms with Gasteiger partial charge in [-0.1, -0.05) is 24.3 Å². The molecule has 0 saturated carbocycles. The van der Waals surface area contributed by atoms with Crippen molar-refractivity contribution in [1.82, 2.24) is 20.0 Å². The van der Waals surface area contributed by atoms with Crippen LogP contribution in [-0.4, -0.2) is 65.7 Å². The number of ether oxygens (including phenoxy) is 2. The van der Waals surface area contributed by atoms with Gasteiger partial charge in [0.2, 0.25) is 0 Å². The zero-order chi connectivity index (χ0) is 22.0. The van der Waals surface area contributed by atoms with Crippen molar-refractivity contribution in [2.24, 2.45) is 4.99 Å². The quantitative estimate of drug-likeness (QED) is 0.296. The van der Waals surface area contributed by atoms with Gasteiger partial charge in [-0.05, 0) is 56.2 Å². The topological polar surface area (TPSA) is 63.9 Å². The first kappa shape index (κ1) is 26.0. The Hall–Kier alpha value is -1.65. The highest BCUT2D eigenvalue weighted by atomic mass is 127. The summed E-state index contributed by atoms with van der Waals surface area (Å²) in [5.74, 6) is 0.999. The van der Waals surface area contributed by atoms with Gasteiger partial charge in [-0.15, -0.1) is 24.0 Å². The lowest BCUT2D eigenvalue weighted by Crippen LogP contribution is -2.47. The summed E-state index contributed by atoms with van der Waals surface area (Å²) in [5.41, 5.74) is 2.46. The summed E-state index contributed by atoms with van der Waals surface area (Å²) in [6.45, 7) is 8.03. The highest BCUT2D eigenvalue weighted by molar-refractivity contribution is 14.0. The zero-order valence-corrected chi connectivity index (χ0v) is 22.0. The molecule has 3 heterocycles. The lowest BCUT2D eigenvalue weighted by atomic mass is 10.1. The second-order valence-electron chi connectivity index (χ2n) is 8.70. The number of likely N-dealkylation sites (tertiary alicyclic amines) is 1. The smallest absolute Gasteiger partial charge is 0.194 e. The highest BCUT2D eigenvalue weighted by Crippen LogP contribution is 2.18. The minimum Gasteiger partial charge on any atom is -0.376 e. The van der Waals surface area contributed by atoms with E-state index >= 15 is 0 Å². The number of hydrogen-bond acceptors (Lipinski definition) is 4. The molecule has 0 bridgehead atoms. The third-order valence-electron chi connectivity index (χ3n) is 6.17. The predicted molar refractivity (Wildman–Crippen MR) is 142 cm³/mol. The summed E-state index contributed by atoms with van der Waals surface area (Å²) >= 11 is 0. The summed E-state index contributed by atoms with van der Waals surface area (Å²) in [7, 11) is 0. The van der Waals surface area contributed by atoms with Crippen LogP contribution in [0.25, 0.3) is 0 Å². The molecular formula is C25H38IN5O2. The summed E-state index contributed by atoms with van der Waals surface area (Å²) in [5, 5.41) is 7.77.